The van der Waals surface area contributed by atoms with Crippen LogP contribution < -0.4 is 0 Å². The van der Waals surface area contributed by atoms with E-state index in [1.54, 1.807) is 6.07 Å². The van der Waals surface area contributed by atoms with E-state index in [4.69, 9.17) is 0 Å². The van der Waals surface area contributed by atoms with Crippen molar-refractivity contribution in [2.45, 2.75) is 37.4 Å². The second-order valence-electron chi connectivity index (χ2n) is 4.47. The highest BCUT2D eigenvalue weighted by molar-refractivity contribution is 9.10. The molecule has 1 rings (SSSR count). The largest absolute Gasteiger partial charge is 0.205 e. The third-order valence-corrected chi connectivity index (χ3v) is 3.41. The first kappa shape index (κ1) is 13.2. The molecule has 0 saturated heterocycles. The van der Waals surface area contributed by atoms with Crippen LogP contribution in [0.1, 0.15) is 32.8 Å². The van der Waals surface area contributed by atoms with Gasteiger partial charge in [-0.25, -0.2) is 4.39 Å². The average Bonchev–Trinajstić information content (AvgIpc) is 2.07. The molecule has 0 nitrogen and oxygen atoms in total. The zero-order valence-corrected chi connectivity index (χ0v) is 12.3. The molecule has 0 aromatic heterocycles. The highest BCUT2D eigenvalue weighted by Crippen LogP contribution is 2.34. The van der Waals surface area contributed by atoms with E-state index >= 15 is 0 Å². The smallest absolute Gasteiger partial charge is 0.141 e. The predicted octanol–water partition coefficient (Wildman–Crippen LogP) is 5.04. The lowest BCUT2D eigenvalue weighted by molar-refractivity contribution is 0.450. The Bertz CT molecular complexity index is 345. The van der Waals surface area contributed by atoms with E-state index in [9.17, 15) is 4.39 Å². The van der Waals surface area contributed by atoms with E-state index in [1.165, 1.54) is 0 Å². The number of rotatable bonds is 3. The van der Waals surface area contributed by atoms with Gasteiger partial charge in [-0.1, -0.05) is 48.8 Å². The second-order valence-corrected chi connectivity index (χ2v) is 6.89. The van der Waals surface area contributed by atoms with Crippen molar-refractivity contribution >= 4 is 31.9 Å². The Morgan fingerprint density at radius 1 is 1.40 bits per heavy atom. The molecule has 0 aliphatic heterocycles. The van der Waals surface area contributed by atoms with Gasteiger partial charge in [0.05, 0.1) is 4.47 Å². The summed E-state index contributed by atoms with van der Waals surface area (Å²) in [6.07, 6.45) is 0.903. The molecule has 84 valence electrons. The van der Waals surface area contributed by atoms with Gasteiger partial charge in [-0.05, 0) is 39.4 Å². The highest BCUT2D eigenvalue weighted by Gasteiger charge is 2.26. The summed E-state index contributed by atoms with van der Waals surface area (Å²) in [5.41, 5.74) is 0.611. The average molecular weight is 338 g/mol. The fourth-order valence-corrected chi connectivity index (χ4v) is 3.02. The summed E-state index contributed by atoms with van der Waals surface area (Å²) in [4.78, 5) is 0.380. The maximum atomic E-state index is 13.9. The molecule has 0 amide bonds. The van der Waals surface area contributed by atoms with Gasteiger partial charge in [0.25, 0.3) is 0 Å². The summed E-state index contributed by atoms with van der Waals surface area (Å²) in [6.45, 7) is 6.21. The second kappa shape index (κ2) is 4.96. The van der Waals surface area contributed by atoms with E-state index in [0.29, 0.717) is 9.30 Å². The van der Waals surface area contributed by atoms with E-state index in [0.717, 1.165) is 12.0 Å². The third-order valence-electron chi connectivity index (χ3n) is 2.47. The first-order valence-corrected chi connectivity index (χ1v) is 6.64. The number of hydrogen-bond acceptors (Lipinski definition) is 0. The van der Waals surface area contributed by atoms with Crippen LogP contribution in [0.4, 0.5) is 4.39 Å². The van der Waals surface area contributed by atoms with Crippen LogP contribution in [0.3, 0.4) is 0 Å². The zero-order chi connectivity index (χ0) is 11.6. The molecule has 0 aliphatic rings. The lowest BCUT2D eigenvalue weighted by Crippen LogP contribution is -2.22. The van der Waals surface area contributed by atoms with Crippen molar-refractivity contribution < 1.29 is 4.39 Å². The molecular formula is C12H15Br2F. The molecule has 3 heteroatoms. The van der Waals surface area contributed by atoms with Crippen molar-refractivity contribution in [3.8, 4) is 0 Å². The molecule has 0 spiro atoms. The molecule has 0 saturated carbocycles. The predicted molar refractivity (Wildman–Crippen MR) is 70.1 cm³/mol. The topological polar surface area (TPSA) is 0 Å². The van der Waals surface area contributed by atoms with Gasteiger partial charge in [0.2, 0.25) is 0 Å². The van der Waals surface area contributed by atoms with Crippen LogP contribution in [-0.2, 0) is 5.41 Å². The van der Waals surface area contributed by atoms with Crippen molar-refractivity contribution in [2.24, 2.45) is 0 Å². The van der Waals surface area contributed by atoms with Gasteiger partial charge in [-0.3, -0.25) is 0 Å². The SMILES string of the molecule is CC(Br)CC(C)(C)c1cccc(Br)c1F. The summed E-state index contributed by atoms with van der Waals surface area (Å²) in [7, 11) is 0. The summed E-state index contributed by atoms with van der Waals surface area (Å²) < 4.78 is 14.4. The van der Waals surface area contributed by atoms with Gasteiger partial charge in [-0.15, -0.1) is 0 Å². The van der Waals surface area contributed by atoms with Crippen molar-refractivity contribution in [3.05, 3.63) is 34.1 Å². The quantitative estimate of drug-likeness (QED) is 0.678. The molecule has 0 heterocycles. The van der Waals surface area contributed by atoms with Crippen LogP contribution in [0.15, 0.2) is 22.7 Å². The van der Waals surface area contributed by atoms with Gasteiger partial charge in [-0.2, -0.15) is 0 Å². The molecule has 1 aromatic rings. The van der Waals surface area contributed by atoms with Crippen LogP contribution in [0.25, 0.3) is 0 Å². The van der Waals surface area contributed by atoms with Gasteiger partial charge in [0, 0.05) is 4.83 Å². The molecular weight excluding hydrogens is 323 g/mol. The minimum atomic E-state index is -0.156. The molecule has 15 heavy (non-hydrogen) atoms. The maximum Gasteiger partial charge on any atom is 0.141 e. The lowest BCUT2D eigenvalue weighted by atomic mass is 9.80. The van der Waals surface area contributed by atoms with Gasteiger partial charge in [0.15, 0.2) is 0 Å². The van der Waals surface area contributed by atoms with Crippen molar-refractivity contribution in [1.82, 2.24) is 0 Å². The zero-order valence-electron chi connectivity index (χ0n) is 9.15. The molecule has 0 N–H and O–H groups in total. The normalized spacial score (nSPS) is 14.0. The number of alkyl halides is 1. The Labute approximate surface area is 108 Å². The van der Waals surface area contributed by atoms with Gasteiger partial charge >= 0.3 is 0 Å². The lowest BCUT2D eigenvalue weighted by Gasteiger charge is -2.27. The summed E-state index contributed by atoms with van der Waals surface area (Å²) in [5, 5.41) is 0. The van der Waals surface area contributed by atoms with Gasteiger partial charge < -0.3 is 0 Å². The Morgan fingerprint density at radius 3 is 2.53 bits per heavy atom. The molecule has 1 unspecified atom stereocenters. The van der Waals surface area contributed by atoms with Crippen LogP contribution >= 0.6 is 31.9 Å². The fourth-order valence-electron chi connectivity index (χ4n) is 1.84. The Kier molecular flexibility index (Phi) is 4.36. The van der Waals surface area contributed by atoms with E-state index in [1.807, 2.05) is 12.1 Å². The van der Waals surface area contributed by atoms with E-state index < -0.39 is 0 Å². The standard InChI is InChI=1S/C12H15Br2F/c1-8(13)7-12(2,3)9-5-4-6-10(14)11(9)15/h4-6,8H,7H2,1-3H3. The van der Waals surface area contributed by atoms with Crippen molar-refractivity contribution in [2.75, 3.05) is 0 Å². The monoisotopic (exact) mass is 336 g/mol. The molecule has 0 radical (unpaired) electrons. The van der Waals surface area contributed by atoms with Crippen LogP contribution in [-0.4, -0.2) is 4.83 Å². The number of halogens is 3. The summed E-state index contributed by atoms with van der Waals surface area (Å²) >= 11 is 6.73. The summed E-state index contributed by atoms with van der Waals surface area (Å²) in [6, 6.07) is 5.46. The molecule has 0 fully saturated rings. The maximum absolute atomic E-state index is 13.9. The van der Waals surface area contributed by atoms with E-state index in [-0.39, 0.29) is 11.2 Å². The third kappa shape index (κ3) is 3.28. The van der Waals surface area contributed by atoms with E-state index in [2.05, 4.69) is 52.6 Å². The Balaban J connectivity index is 3.09. The van der Waals surface area contributed by atoms with Crippen molar-refractivity contribution in [1.29, 1.82) is 0 Å². The minimum Gasteiger partial charge on any atom is -0.205 e. The fraction of sp³-hybridized carbons (Fsp3) is 0.500. The first-order valence-electron chi connectivity index (χ1n) is 4.93. The highest BCUT2D eigenvalue weighted by atomic mass is 79.9. The molecule has 1 aromatic carbocycles. The molecule has 0 bridgehead atoms. The minimum absolute atomic E-state index is 0.143. The number of benzene rings is 1. The molecule has 0 aliphatic carbocycles. The van der Waals surface area contributed by atoms with Crippen LogP contribution in [0.2, 0.25) is 0 Å². The Hall–Kier alpha value is 0.110. The summed E-state index contributed by atoms with van der Waals surface area (Å²) in [5.74, 6) is -0.143. The number of hydrogen-bond donors (Lipinski definition) is 0. The Morgan fingerprint density at radius 2 is 2.00 bits per heavy atom. The van der Waals surface area contributed by atoms with Gasteiger partial charge in [0.1, 0.15) is 5.82 Å². The van der Waals surface area contributed by atoms with Crippen LogP contribution in [0.5, 0.6) is 0 Å². The first-order chi connectivity index (χ1) is 6.84. The van der Waals surface area contributed by atoms with Crippen molar-refractivity contribution in [3.63, 3.8) is 0 Å². The van der Waals surface area contributed by atoms with Crippen LogP contribution in [0, 0.1) is 5.82 Å². The molecule has 1 atom stereocenters.